The summed E-state index contributed by atoms with van der Waals surface area (Å²) in [7, 11) is 0. The molecule has 1 N–H and O–H groups in total. The van der Waals surface area contributed by atoms with Crippen molar-refractivity contribution in [3.05, 3.63) is 78.1 Å². The molecule has 0 amide bonds. The SMILES string of the molecule is CCN(CC)c1ccc(/C=C/CCC/C=C/c2ccc(O)cc2)c(OC=CC(C)C)c1. The van der Waals surface area contributed by atoms with E-state index in [2.05, 4.69) is 81.2 Å². The lowest BCUT2D eigenvalue weighted by Gasteiger charge is -2.22. The minimum atomic E-state index is 0.301. The Morgan fingerprint density at radius 3 is 2.26 bits per heavy atom. The van der Waals surface area contributed by atoms with E-state index < -0.39 is 0 Å². The molecule has 0 aliphatic rings. The molecule has 0 radical (unpaired) electrons. The van der Waals surface area contributed by atoms with E-state index in [1.807, 2.05) is 12.1 Å². The van der Waals surface area contributed by atoms with Crippen LogP contribution in [0.5, 0.6) is 11.5 Å². The number of phenolic OH excluding ortho intramolecular Hbond substituents is 1. The third-order valence-corrected chi connectivity index (χ3v) is 5.03. The fraction of sp³-hybridized carbons (Fsp3) is 0.357. The Bertz CT molecular complexity index is 859. The molecule has 0 aromatic heterocycles. The number of benzene rings is 2. The maximum atomic E-state index is 9.33. The minimum absolute atomic E-state index is 0.301. The van der Waals surface area contributed by atoms with Crippen LogP contribution in [0.2, 0.25) is 0 Å². The van der Waals surface area contributed by atoms with Gasteiger partial charge in [-0.2, -0.15) is 0 Å². The van der Waals surface area contributed by atoms with Crippen molar-refractivity contribution in [2.75, 3.05) is 18.0 Å². The topological polar surface area (TPSA) is 32.7 Å². The lowest BCUT2D eigenvalue weighted by atomic mass is 10.1. The molecule has 166 valence electrons. The fourth-order valence-electron chi connectivity index (χ4n) is 3.19. The minimum Gasteiger partial charge on any atom is -0.508 e. The van der Waals surface area contributed by atoms with E-state index in [4.69, 9.17) is 4.74 Å². The van der Waals surface area contributed by atoms with Crippen molar-refractivity contribution in [3.8, 4) is 11.5 Å². The fourth-order valence-corrected chi connectivity index (χ4v) is 3.19. The highest BCUT2D eigenvalue weighted by Gasteiger charge is 2.07. The second-order valence-corrected chi connectivity index (χ2v) is 7.91. The average Bonchev–Trinajstić information content (AvgIpc) is 2.76. The first-order valence-electron chi connectivity index (χ1n) is 11.4. The second-order valence-electron chi connectivity index (χ2n) is 7.91. The average molecular weight is 420 g/mol. The van der Waals surface area contributed by atoms with E-state index in [1.54, 1.807) is 18.4 Å². The summed E-state index contributed by atoms with van der Waals surface area (Å²) >= 11 is 0. The molecule has 31 heavy (non-hydrogen) atoms. The summed E-state index contributed by atoms with van der Waals surface area (Å²) in [5.74, 6) is 1.65. The highest BCUT2D eigenvalue weighted by atomic mass is 16.5. The Morgan fingerprint density at radius 1 is 0.935 bits per heavy atom. The number of nitrogens with zero attached hydrogens (tertiary/aromatic N) is 1. The number of aromatic hydroxyl groups is 1. The molecule has 3 nitrogen and oxygen atoms in total. The zero-order valence-electron chi connectivity index (χ0n) is 19.4. The maximum absolute atomic E-state index is 9.33. The molecule has 0 bridgehead atoms. The first-order chi connectivity index (χ1) is 15.0. The summed E-state index contributed by atoms with van der Waals surface area (Å²) in [6.45, 7) is 10.6. The highest BCUT2D eigenvalue weighted by molar-refractivity contribution is 5.64. The van der Waals surface area contributed by atoms with Crippen LogP contribution in [0, 0.1) is 5.92 Å². The van der Waals surface area contributed by atoms with Gasteiger partial charge in [0.15, 0.2) is 0 Å². The van der Waals surface area contributed by atoms with Crippen LogP contribution in [0.25, 0.3) is 12.2 Å². The third-order valence-electron chi connectivity index (χ3n) is 5.03. The van der Waals surface area contributed by atoms with Crippen LogP contribution < -0.4 is 9.64 Å². The molecule has 0 heterocycles. The summed E-state index contributed by atoms with van der Waals surface area (Å²) in [5, 5.41) is 9.33. The van der Waals surface area contributed by atoms with Crippen LogP contribution in [0.15, 0.2) is 67.0 Å². The quantitative estimate of drug-likeness (QED) is 0.283. The van der Waals surface area contributed by atoms with Gasteiger partial charge in [0.05, 0.1) is 6.26 Å². The first-order valence-corrected chi connectivity index (χ1v) is 11.4. The van der Waals surface area contributed by atoms with Crippen molar-refractivity contribution >= 4 is 17.8 Å². The number of unbranched alkanes of at least 4 members (excludes halogenated alkanes) is 2. The molecule has 0 saturated carbocycles. The summed E-state index contributed by atoms with van der Waals surface area (Å²) < 4.78 is 5.99. The number of allylic oxidation sites excluding steroid dienone is 3. The van der Waals surface area contributed by atoms with Crippen LogP contribution in [-0.2, 0) is 0 Å². The van der Waals surface area contributed by atoms with E-state index in [0.717, 1.165) is 49.2 Å². The number of hydrogen-bond donors (Lipinski definition) is 1. The molecular weight excluding hydrogens is 382 g/mol. The second kappa shape index (κ2) is 13.4. The third kappa shape index (κ3) is 8.75. The molecule has 2 aromatic carbocycles. The van der Waals surface area contributed by atoms with Gasteiger partial charge < -0.3 is 14.7 Å². The summed E-state index contributed by atoms with van der Waals surface area (Å²) in [6.07, 6.45) is 15.7. The lowest BCUT2D eigenvalue weighted by Crippen LogP contribution is -2.21. The molecule has 0 fully saturated rings. The van der Waals surface area contributed by atoms with Crippen LogP contribution in [0.4, 0.5) is 5.69 Å². The molecule has 2 aromatic rings. The van der Waals surface area contributed by atoms with Crippen molar-refractivity contribution in [1.29, 1.82) is 0 Å². The number of rotatable bonds is 12. The molecule has 3 heteroatoms. The van der Waals surface area contributed by atoms with Crippen LogP contribution in [0.1, 0.15) is 58.1 Å². The van der Waals surface area contributed by atoms with Gasteiger partial charge in [-0.05, 0) is 74.9 Å². The smallest absolute Gasteiger partial charge is 0.135 e. The standard InChI is InChI=1S/C28H37NO2/c1-5-29(6-2)26-17-16-25(28(22-26)31-21-20-23(3)4)13-11-9-7-8-10-12-24-14-18-27(30)19-15-24/h10-23,30H,5-9H2,1-4H3/b12-10+,13-11+,21-20?. The Kier molecular flexibility index (Phi) is 10.5. The molecule has 0 spiro atoms. The van der Waals surface area contributed by atoms with Gasteiger partial charge in [-0.3, -0.25) is 0 Å². The van der Waals surface area contributed by atoms with Crippen LogP contribution in [-0.4, -0.2) is 18.2 Å². The van der Waals surface area contributed by atoms with Gasteiger partial charge in [0.1, 0.15) is 11.5 Å². The monoisotopic (exact) mass is 419 g/mol. The number of phenols is 1. The Hall–Kier alpha value is -2.94. The highest BCUT2D eigenvalue weighted by Crippen LogP contribution is 2.28. The molecule has 0 unspecified atom stereocenters. The van der Waals surface area contributed by atoms with Crippen molar-refractivity contribution in [2.24, 2.45) is 5.92 Å². The summed E-state index contributed by atoms with van der Waals surface area (Å²) in [4.78, 5) is 2.33. The Labute approximate surface area is 188 Å². The van der Waals surface area contributed by atoms with Gasteiger partial charge in [0.25, 0.3) is 0 Å². The molecule has 0 atom stereocenters. The number of hydrogen-bond acceptors (Lipinski definition) is 3. The van der Waals surface area contributed by atoms with Crippen molar-refractivity contribution in [2.45, 2.75) is 47.0 Å². The maximum Gasteiger partial charge on any atom is 0.135 e. The lowest BCUT2D eigenvalue weighted by molar-refractivity contribution is 0.474. The predicted molar refractivity (Wildman–Crippen MR) is 135 cm³/mol. The number of ether oxygens (including phenoxy) is 1. The van der Waals surface area contributed by atoms with E-state index in [0.29, 0.717) is 11.7 Å². The molecule has 0 aliphatic heterocycles. The number of anilines is 1. The van der Waals surface area contributed by atoms with Gasteiger partial charge in [-0.1, -0.05) is 50.3 Å². The predicted octanol–water partition coefficient (Wildman–Crippen LogP) is 7.68. The van der Waals surface area contributed by atoms with Gasteiger partial charge in [-0.25, -0.2) is 0 Å². The van der Waals surface area contributed by atoms with E-state index in [9.17, 15) is 5.11 Å². The first kappa shape index (κ1) is 24.3. The van der Waals surface area contributed by atoms with Crippen LogP contribution >= 0.6 is 0 Å². The summed E-state index contributed by atoms with van der Waals surface area (Å²) in [5.41, 5.74) is 3.40. The van der Waals surface area contributed by atoms with Crippen LogP contribution in [0.3, 0.4) is 0 Å². The van der Waals surface area contributed by atoms with Crippen molar-refractivity contribution in [3.63, 3.8) is 0 Å². The molecule has 0 aliphatic carbocycles. The van der Waals surface area contributed by atoms with Gasteiger partial charge >= 0.3 is 0 Å². The van der Waals surface area contributed by atoms with E-state index >= 15 is 0 Å². The van der Waals surface area contributed by atoms with Crippen molar-refractivity contribution in [1.82, 2.24) is 0 Å². The zero-order valence-corrected chi connectivity index (χ0v) is 19.4. The van der Waals surface area contributed by atoms with Crippen molar-refractivity contribution < 1.29 is 9.84 Å². The normalized spacial score (nSPS) is 11.9. The van der Waals surface area contributed by atoms with E-state index in [-0.39, 0.29) is 0 Å². The molecular formula is C28H37NO2. The largest absolute Gasteiger partial charge is 0.508 e. The Morgan fingerprint density at radius 2 is 1.61 bits per heavy atom. The van der Waals surface area contributed by atoms with Gasteiger partial charge in [0.2, 0.25) is 0 Å². The van der Waals surface area contributed by atoms with Gasteiger partial charge in [0, 0.05) is 30.4 Å². The molecule has 2 rings (SSSR count). The Balaban J connectivity index is 1.96. The van der Waals surface area contributed by atoms with E-state index in [1.165, 1.54) is 5.69 Å². The summed E-state index contributed by atoms with van der Waals surface area (Å²) in [6, 6.07) is 13.7. The molecule has 0 saturated heterocycles. The zero-order chi connectivity index (χ0) is 22.5. The van der Waals surface area contributed by atoms with Gasteiger partial charge in [-0.15, -0.1) is 0 Å².